The number of allylic oxidation sites excluding steroid dienone is 2. The van der Waals surface area contributed by atoms with E-state index in [1.807, 2.05) is 12.2 Å². The summed E-state index contributed by atoms with van der Waals surface area (Å²) in [7, 11) is 0. The minimum Gasteiger partial charge on any atom is -0.376 e. The van der Waals surface area contributed by atoms with Gasteiger partial charge in [0, 0.05) is 12.7 Å². The molecule has 1 aliphatic rings. The molecule has 1 atom stereocenters. The maximum atomic E-state index is 5.63. The van der Waals surface area contributed by atoms with Gasteiger partial charge in [-0.3, -0.25) is 0 Å². The highest BCUT2D eigenvalue weighted by atomic mass is 32.1. The fourth-order valence-corrected chi connectivity index (χ4v) is 2.64. The van der Waals surface area contributed by atoms with Crippen molar-refractivity contribution in [2.45, 2.75) is 25.9 Å². The zero-order valence-electron chi connectivity index (χ0n) is 12.0. The van der Waals surface area contributed by atoms with Crippen molar-refractivity contribution in [2.24, 2.45) is 5.73 Å². The normalized spacial score (nSPS) is 21.0. The quantitative estimate of drug-likeness (QED) is 0.835. The van der Waals surface area contributed by atoms with Crippen LogP contribution in [0.3, 0.4) is 0 Å². The van der Waals surface area contributed by atoms with Crippen LogP contribution in [0, 0.1) is 6.92 Å². The molecule has 106 valence electrons. The molecule has 0 saturated heterocycles. The number of hydrogen-bond acceptors (Lipinski definition) is 2. The summed E-state index contributed by atoms with van der Waals surface area (Å²) in [6, 6.07) is 8.60. The molecule has 0 spiro atoms. The Bertz CT molecular complexity index is 550. The molecule has 0 amide bonds. The fraction of sp³-hybridized carbons (Fsp3) is 0.312. The second-order valence-corrected chi connectivity index (χ2v) is 5.71. The second kappa shape index (κ2) is 6.09. The maximum absolute atomic E-state index is 5.63. The van der Waals surface area contributed by atoms with E-state index in [9.17, 15) is 0 Å². The third-order valence-corrected chi connectivity index (χ3v) is 3.60. The third kappa shape index (κ3) is 3.61. The highest BCUT2D eigenvalue weighted by Crippen LogP contribution is 2.19. The summed E-state index contributed by atoms with van der Waals surface area (Å²) < 4.78 is 0. The molecular weight excluding hydrogens is 266 g/mol. The van der Waals surface area contributed by atoms with Crippen LogP contribution < -0.4 is 11.1 Å². The number of aryl methyl sites for hydroxylation is 1. The van der Waals surface area contributed by atoms with E-state index >= 15 is 0 Å². The standard InChI is InChI=1S/C16H21N3S/c1-13-6-5-7-14(12-13)8-11-19-10-4-3-9-16(19,2)18-15(17)20/h3-7,9-10,12H,8,11H2,1-2H3,(H3,17,18,20). The van der Waals surface area contributed by atoms with Crippen LogP contribution in [0.4, 0.5) is 0 Å². The van der Waals surface area contributed by atoms with Gasteiger partial charge < -0.3 is 16.0 Å². The average molecular weight is 287 g/mol. The molecule has 1 heterocycles. The monoisotopic (exact) mass is 287 g/mol. The van der Waals surface area contributed by atoms with Crippen LogP contribution in [-0.2, 0) is 6.42 Å². The number of nitrogens with zero attached hydrogens (tertiary/aromatic N) is 1. The molecule has 0 aliphatic carbocycles. The Morgan fingerprint density at radius 3 is 2.90 bits per heavy atom. The number of thiocarbonyl (C=S) groups is 1. The Morgan fingerprint density at radius 1 is 1.40 bits per heavy atom. The first-order valence-corrected chi connectivity index (χ1v) is 7.16. The molecule has 0 saturated carbocycles. The largest absolute Gasteiger partial charge is 0.376 e. The van der Waals surface area contributed by atoms with E-state index in [4.69, 9.17) is 18.0 Å². The lowest BCUT2D eigenvalue weighted by molar-refractivity contribution is 0.198. The van der Waals surface area contributed by atoms with Gasteiger partial charge in [-0.1, -0.05) is 35.9 Å². The minimum absolute atomic E-state index is 0.313. The van der Waals surface area contributed by atoms with Crippen molar-refractivity contribution in [3.05, 3.63) is 59.8 Å². The zero-order chi connectivity index (χ0) is 14.6. The summed E-state index contributed by atoms with van der Waals surface area (Å²) in [6.07, 6.45) is 9.16. The Labute approximate surface area is 126 Å². The van der Waals surface area contributed by atoms with Crippen molar-refractivity contribution in [2.75, 3.05) is 6.54 Å². The maximum Gasteiger partial charge on any atom is 0.165 e. The number of benzene rings is 1. The Balaban J connectivity index is 2.05. The van der Waals surface area contributed by atoms with E-state index in [1.165, 1.54) is 11.1 Å². The molecule has 1 aromatic rings. The molecule has 3 nitrogen and oxygen atoms in total. The van der Waals surface area contributed by atoms with Gasteiger partial charge in [-0.2, -0.15) is 0 Å². The highest BCUT2D eigenvalue weighted by Gasteiger charge is 2.28. The van der Waals surface area contributed by atoms with Crippen molar-refractivity contribution in [1.29, 1.82) is 0 Å². The van der Waals surface area contributed by atoms with Crippen LogP contribution in [-0.4, -0.2) is 22.2 Å². The highest BCUT2D eigenvalue weighted by molar-refractivity contribution is 7.80. The Kier molecular flexibility index (Phi) is 4.45. The third-order valence-electron chi connectivity index (χ3n) is 3.49. The molecule has 1 aromatic carbocycles. The first-order valence-electron chi connectivity index (χ1n) is 6.75. The van der Waals surface area contributed by atoms with E-state index in [2.05, 4.69) is 60.6 Å². The molecule has 0 aromatic heterocycles. The van der Waals surface area contributed by atoms with E-state index in [-0.39, 0.29) is 5.66 Å². The van der Waals surface area contributed by atoms with Crippen LogP contribution in [0.1, 0.15) is 18.1 Å². The van der Waals surface area contributed by atoms with Crippen molar-refractivity contribution >= 4 is 17.3 Å². The smallest absolute Gasteiger partial charge is 0.165 e. The topological polar surface area (TPSA) is 41.3 Å². The van der Waals surface area contributed by atoms with E-state index in [0.717, 1.165) is 13.0 Å². The Morgan fingerprint density at radius 2 is 2.20 bits per heavy atom. The lowest BCUT2D eigenvalue weighted by Crippen LogP contribution is -2.57. The molecule has 3 N–H and O–H groups in total. The van der Waals surface area contributed by atoms with Crippen molar-refractivity contribution in [3.8, 4) is 0 Å². The van der Waals surface area contributed by atoms with Gasteiger partial charge in [-0.25, -0.2) is 0 Å². The molecular formula is C16H21N3S. The predicted molar refractivity (Wildman–Crippen MR) is 88.2 cm³/mol. The fourth-order valence-electron chi connectivity index (χ4n) is 2.43. The van der Waals surface area contributed by atoms with Crippen LogP contribution in [0.2, 0.25) is 0 Å². The van der Waals surface area contributed by atoms with Crippen molar-refractivity contribution in [3.63, 3.8) is 0 Å². The Hall–Kier alpha value is -1.81. The van der Waals surface area contributed by atoms with Gasteiger partial charge in [0.15, 0.2) is 5.11 Å². The molecule has 0 fully saturated rings. The van der Waals surface area contributed by atoms with Gasteiger partial charge in [0.1, 0.15) is 5.66 Å². The zero-order valence-corrected chi connectivity index (χ0v) is 12.8. The van der Waals surface area contributed by atoms with Crippen molar-refractivity contribution < 1.29 is 0 Å². The summed E-state index contributed by atoms with van der Waals surface area (Å²) in [5.41, 5.74) is 7.91. The van der Waals surface area contributed by atoms with Crippen LogP contribution >= 0.6 is 12.2 Å². The van der Waals surface area contributed by atoms with Gasteiger partial charge in [-0.15, -0.1) is 0 Å². The lowest BCUT2D eigenvalue weighted by atomic mass is 10.0. The van der Waals surface area contributed by atoms with Gasteiger partial charge >= 0.3 is 0 Å². The molecule has 20 heavy (non-hydrogen) atoms. The molecule has 2 rings (SSSR count). The van der Waals surface area contributed by atoms with Gasteiger partial charge in [0.2, 0.25) is 0 Å². The van der Waals surface area contributed by atoms with Gasteiger partial charge in [-0.05, 0) is 50.2 Å². The van der Waals surface area contributed by atoms with Crippen LogP contribution in [0.25, 0.3) is 0 Å². The van der Waals surface area contributed by atoms with E-state index < -0.39 is 0 Å². The summed E-state index contributed by atoms with van der Waals surface area (Å²) >= 11 is 4.98. The van der Waals surface area contributed by atoms with Gasteiger partial charge in [0.25, 0.3) is 0 Å². The summed E-state index contributed by atoms with van der Waals surface area (Å²) in [4.78, 5) is 2.22. The van der Waals surface area contributed by atoms with Gasteiger partial charge in [0.05, 0.1) is 0 Å². The SMILES string of the molecule is Cc1cccc(CCN2C=CC=CC2(C)NC(N)=S)c1. The number of nitrogens with two attached hydrogens (primary N) is 1. The summed E-state index contributed by atoms with van der Waals surface area (Å²) in [5.74, 6) is 0. The van der Waals surface area contributed by atoms with Crippen molar-refractivity contribution in [1.82, 2.24) is 10.2 Å². The van der Waals surface area contributed by atoms with E-state index in [1.54, 1.807) is 0 Å². The minimum atomic E-state index is -0.357. The number of nitrogens with one attached hydrogen (secondary N) is 1. The number of hydrogen-bond donors (Lipinski definition) is 2. The average Bonchev–Trinajstić information content (AvgIpc) is 2.36. The van der Waals surface area contributed by atoms with Crippen LogP contribution in [0.15, 0.2) is 48.7 Å². The molecule has 1 aliphatic heterocycles. The molecule has 1 unspecified atom stereocenters. The first-order chi connectivity index (χ1) is 9.49. The first kappa shape index (κ1) is 14.6. The molecule has 0 radical (unpaired) electrons. The van der Waals surface area contributed by atoms with E-state index in [0.29, 0.717) is 5.11 Å². The molecule has 0 bridgehead atoms. The van der Waals surface area contributed by atoms with Crippen LogP contribution in [0.5, 0.6) is 0 Å². The predicted octanol–water partition coefficient (Wildman–Crippen LogP) is 2.47. The summed E-state index contributed by atoms with van der Waals surface area (Å²) in [6.45, 7) is 5.09. The second-order valence-electron chi connectivity index (χ2n) is 5.27. The number of rotatable bonds is 4. The molecule has 4 heteroatoms. The summed E-state index contributed by atoms with van der Waals surface area (Å²) in [5, 5.41) is 3.47. The lowest BCUT2D eigenvalue weighted by Gasteiger charge is -2.41.